The van der Waals surface area contributed by atoms with Crippen molar-refractivity contribution in [3.05, 3.63) is 76.2 Å². The number of carbonyl (C=O) groups is 2. The predicted molar refractivity (Wildman–Crippen MR) is 126 cm³/mol. The summed E-state index contributed by atoms with van der Waals surface area (Å²) in [5.41, 5.74) is 2.52. The van der Waals surface area contributed by atoms with Gasteiger partial charge in [0.05, 0.1) is 5.56 Å². The molecule has 2 aliphatic rings. The Morgan fingerprint density at radius 2 is 1.78 bits per heavy atom. The van der Waals surface area contributed by atoms with E-state index in [0.717, 1.165) is 28.5 Å². The molecule has 1 fully saturated rings. The van der Waals surface area contributed by atoms with Crippen molar-refractivity contribution in [1.29, 1.82) is 0 Å². The van der Waals surface area contributed by atoms with Gasteiger partial charge in [0.25, 0.3) is 11.8 Å². The van der Waals surface area contributed by atoms with Crippen LogP contribution in [0.2, 0.25) is 0 Å². The van der Waals surface area contributed by atoms with E-state index in [9.17, 15) is 14.0 Å². The van der Waals surface area contributed by atoms with Crippen molar-refractivity contribution in [3.63, 3.8) is 0 Å². The molecular weight excluding hydrogens is 445 g/mol. The highest BCUT2D eigenvalue weighted by atomic mass is 32.2. The zero-order valence-electron chi connectivity index (χ0n) is 17.6. The van der Waals surface area contributed by atoms with E-state index in [1.54, 1.807) is 11.3 Å². The quantitative estimate of drug-likeness (QED) is 0.612. The Morgan fingerprint density at radius 1 is 1.06 bits per heavy atom. The van der Waals surface area contributed by atoms with Crippen LogP contribution in [0, 0.1) is 5.82 Å². The lowest BCUT2D eigenvalue weighted by Crippen LogP contribution is -2.46. The summed E-state index contributed by atoms with van der Waals surface area (Å²) in [4.78, 5) is 29.3. The summed E-state index contributed by atoms with van der Waals surface area (Å²) in [5.74, 6) is 1.56. The molecule has 32 heavy (non-hydrogen) atoms. The van der Waals surface area contributed by atoms with Gasteiger partial charge >= 0.3 is 0 Å². The third kappa shape index (κ3) is 4.21. The average Bonchev–Trinajstić information content (AvgIpc) is 3.47. The van der Waals surface area contributed by atoms with E-state index in [-0.39, 0.29) is 23.7 Å². The molecule has 1 N–H and O–H groups in total. The summed E-state index contributed by atoms with van der Waals surface area (Å²) in [6, 6.07) is 9.53. The molecule has 0 atom stereocenters. The molecule has 2 aromatic heterocycles. The molecule has 5 rings (SSSR count). The molecule has 0 aliphatic carbocycles. The zero-order valence-corrected chi connectivity index (χ0v) is 19.2. The minimum absolute atomic E-state index is 0.00770. The number of hydrogen-bond donors (Lipinski definition) is 1. The summed E-state index contributed by atoms with van der Waals surface area (Å²) in [7, 11) is 0. The van der Waals surface area contributed by atoms with Gasteiger partial charge < -0.3 is 14.8 Å². The van der Waals surface area contributed by atoms with Crippen molar-refractivity contribution in [2.24, 2.45) is 0 Å². The Balaban J connectivity index is 1.28. The summed E-state index contributed by atoms with van der Waals surface area (Å²) < 4.78 is 15.1. The number of nitrogens with one attached hydrogen (secondary N) is 1. The number of amides is 2. The fourth-order valence-corrected chi connectivity index (χ4v) is 6.78. The lowest BCUT2D eigenvalue weighted by atomic mass is 10.0. The number of thioether (sulfide) groups is 1. The molecule has 5 nitrogen and oxygen atoms in total. The Morgan fingerprint density at radius 3 is 2.50 bits per heavy atom. The van der Waals surface area contributed by atoms with Gasteiger partial charge in [-0.1, -0.05) is 0 Å². The van der Waals surface area contributed by atoms with Crippen LogP contribution in [0.3, 0.4) is 0 Å². The van der Waals surface area contributed by atoms with Crippen LogP contribution in [0.25, 0.3) is 5.00 Å². The first-order valence-corrected chi connectivity index (χ1v) is 12.8. The first-order valence-electron chi connectivity index (χ1n) is 10.8. The Kier molecular flexibility index (Phi) is 6.06. The van der Waals surface area contributed by atoms with Crippen LogP contribution >= 0.6 is 23.1 Å². The van der Waals surface area contributed by atoms with E-state index in [0.29, 0.717) is 31.5 Å². The van der Waals surface area contributed by atoms with Gasteiger partial charge in [-0.15, -0.1) is 11.3 Å². The van der Waals surface area contributed by atoms with Crippen LogP contribution in [0.4, 0.5) is 4.39 Å². The van der Waals surface area contributed by atoms with Crippen LogP contribution in [-0.4, -0.2) is 46.2 Å². The smallest absolute Gasteiger partial charge is 0.257 e. The largest absolute Gasteiger partial charge is 0.349 e. The second kappa shape index (κ2) is 9.11. The van der Waals surface area contributed by atoms with E-state index in [1.807, 2.05) is 41.2 Å². The van der Waals surface area contributed by atoms with Crippen molar-refractivity contribution >= 4 is 34.9 Å². The van der Waals surface area contributed by atoms with Crippen LogP contribution in [0.15, 0.2) is 48.8 Å². The van der Waals surface area contributed by atoms with E-state index >= 15 is 0 Å². The minimum atomic E-state index is -0.359. The first-order chi connectivity index (χ1) is 15.6. The van der Waals surface area contributed by atoms with Crippen molar-refractivity contribution in [2.45, 2.75) is 31.1 Å². The third-order valence-corrected chi connectivity index (χ3v) is 8.49. The van der Waals surface area contributed by atoms with Crippen molar-refractivity contribution in [2.75, 3.05) is 18.8 Å². The van der Waals surface area contributed by atoms with E-state index < -0.39 is 0 Å². The number of aromatic nitrogens is 1. The number of benzene rings is 1. The maximum atomic E-state index is 13.6. The highest BCUT2D eigenvalue weighted by molar-refractivity contribution is 7.98. The number of rotatable bonds is 4. The van der Waals surface area contributed by atoms with E-state index in [2.05, 4.69) is 9.88 Å². The van der Waals surface area contributed by atoms with Gasteiger partial charge in [0.15, 0.2) is 0 Å². The number of fused-ring (bicyclic) bond motifs is 1. The van der Waals surface area contributed by atoms with Gasteiger partial charge in [0, 0.05) is 47.7 Å². The SMILES string of the molecule is O=C(NC1CCN(C(=O)c2c(-n3cccc3)sc3c2CCSC3)CC1)c1ccc(F)cc1. The summed E-state index contributed by atoms with van der Waals surface area (Å²) in [6.45, 7) is 1.22. The molecule has 0 spiro atoms. The fraction of sp³-hybridized carbons (Fsp3) is 0.333. The summed E-state index contributed by atoms with van der Waals surface area (Å²) >= 11 is 3.65. The molecule has 2 aliphatic heterocycles. The first kappa shape index (κ1) is 21.3. The molecule has 0 saturated carbocycles. The highest BCUT2D eigenvalue weighted by Gasteiger charge is 2.31. The average molecular weight is 470 g/mol. The van der Waals surface area contributed by atoms with Crippen LogP contribution in [0.1, 0.15) is 44.0 Å². The molecule has 0 bridgehead atoms. The van der Waals surface area contributed by atoms with Crippen molar-refractivity contribution in [1.82, 2.24) is 14.8 Å². The maximum Gasteiger partial charge on any atom is 0.257 e. The fourth-order valence-electron chi connectivity index (χ4n) is 4.35. The van der Waals surface area contributed by atoms with E-state index in [4.69, 9.17) is 0 Å². The number of halogens is 1. The van der Waals surface area contributed by atoms with Crippen molar-refractivity contribution in [3.8, 4) is 5.00 Å². The summed E-state index contributed by atoms with van der Waals surface area (Å²) in [6.07, 6.45) is 6.35. The van der Waals surface area contributed by atoms with Crippen LogP contribution in [0.5, 0.6) is 0 Å². The normalized spacial score (nSPS) is 16.6. The Bertz CT molecular complexity index is 1120. The third-order valence-electron chi connectivity index (χ3n) is 6.08. The summed E-state index contributed by atoms with van der Waals surface area (Å²) in [5, 5.41) is 4.04. The van der Waals surface area contributed by atoms with Gasteiger partial charge in [-0.3, -0.25) is 9.59 Å². The molecule has 0 radical (unpaired) electrons. The van der Waals surface area contributed by atoms with Gasteiger partial charge in [-0.2, -0.15) is 11.8 Å². The molecule has 1 aromatic carbocycles. The predicted octanol–water partition coefficient (Wildman–Crippen LogP) is 4.50. The number of likely N-dealkylation sites (tertiary alicyclic amines) is 1. The molecule has 166 valence electrons. The number of hydrogen-bond acceptors (Lipinski definition) is 4. The number of thiophene rings is 1. The second-order valence-corrected chi connectivity index (χ2v) is 10.3. The topological polar surface area (TPSA) is 54.3 Å². The zero-order chi connectivity index (χ0) is 22.1. The minimum Gasteiger partial charge on any atom is -0.349 e. The van der Waals surface area contributed by atoms with Gasteiger partial charge in [0.2, 0.25) is 0 Å². The van der Waals surface area contributed by atoms with Gasteiger partial charge in [0.1, 0.15) is 10.8 Å². The Hall–Kier alpha value is -2.58. The molecule has 1 saturated heterocycles. The van der Waals surface area contributed by atoms with Gasteiger partial charge in [-0.05, 0) is 67.0 Å². The highest BCUT2D eigenvalue weighted by Crippen LogP contribution is 2.39. The number of piperidine rings is 1. The Labute approximate surface area is 194 Å². The lowest BCUT2D eigenvalue weighted by molar-refractivity contribution is 0.0697. The molecule has 4 heterocycles. The van der Waals surface area contributed by atoms with Crippen molar-refractivity contribution < 1.29 is 14.0 Å². The molecule has 2 amide bonds. The maximum absolute atomic E-state index is 13.6. The second-order valence-electron chi connectivity index (χ2n) is 8.12. The van der Waals surface area contributed by atoms with Crippen LogP contribution < -0.4 is 5.32 Å². The van der Waals surface area contributed by atoms with Crippen LogP contribution in [-0.2, 0) is 12.2 Å². The monoisotopic (exact) mass is 469 g/mol. The number of carbonyl (C=O) groups excluding carboxylic acids is 2. The number of nitrogens with zero attached hydrogens (tertiary/aromatic N) is 2. The van der Waals surface area contributed by atoms with E-state index in [1.165, 1.54) is 34.7 Å². The molecule has 8 heteroatoms. The molecular formula is C24H24FN3O2S2. The molecule has 0 unspecified atom stereocenters. The molecule has 3 aromatic rings. The lowest BCUT2D eigenvalue weighted by Gasteiger charge is -2.33. The standard InChI is InChI=1S/C24H24FN3O2S2/c25-17-5-3-16(4-6-17)22(29)26-18-7-12-27(13-8-18)23(30)21-19-9-14-31-15-20(19)32-24(21)28-10-1-2-11-28/h1-6,10-11,18H,7-9,12-15H2,(H,26,29). The van der Waals surface area contributed by atoms with Gasteiger partial charge in [-0.25, -0.2) is 4.39 Å².